The number of likely N-dealkylation sites (tertiary alicyclic amines) is 1. The molecule has 1 atom stereocenters. The SMILES string of the molecule is Cc1noc(CSc2ccccc2C(=O)O[C@H](C)C(=O)N2CCC(Cc3ccccc3)CC2)n1. The number of amides is 1. The minimum absolute atomic E-state index is 0.141. The Kier molecular flexibility index (Phi) is 8.00. The molecule has 7 nitrogen and oxygen atoms in total. The van der Waals surface area contributed by atoms with Gasteiger partial charge < -0.3 is 14.2 Å². The molecule has 0 unspecified atom stereocenters. The molecule has 1 amide bonds. The highest BCUT2D eigenvalue weighted by Crippen LogP contribution is 2.27. The number of hydrogen-bond acceptors (Lipinski definition) is 7. The van der Waals surface area contributed by atoms with Gasteiger partial charge >= 0.3 is 5.97 Å². The van der Waals surface area contributed by atoms with Crippen molar-refractivity contribution in [3.05, 3.63) is 77.4 Å². The van der Waals surface area contributed by atoms with Gasteiger partial charge in [-0.1, -0.05) is 47.6 Å². The maximum Gasteiger partial charge on any atom is 0.340 e. The number of aromatic nitrogens is 2. The predicted molar refractivity (Wildman–Crippen MR) is 129 cm³/mol. The third kappa shape index (κ3) is 6.26. The average molecular weight is 480 g/mol. The average Bonchev–Trinajstić information content (AvgIpc) is 3.28. The third-order valence-corrected chi connectivity index (χ3v) is 7.01. The molecule has 0 spiro atoms. The van der Waals surface area contributed by atoms with E-state index in [1.165, 1.54) is 17.3 Å². The highest BCUT2D eigenvalue weighted by atomic mass is 32.2. The molecule has 1 aliphatic rings. The zero-order valence-corrected chi connectivity index (χ0v) is 20.3. The fourth-order valence-electron chi connectivity index (χ4n) is 4.14. The zero-order chi connectivity index (χ0) is 23.9. The van der Waals surface area contributed by atoms with E-state index < -0.39 is 12.1 Å². The number of benzene rings is 2. The lowest BCUT2D eigenvalue weighted by Crippen LogP contribution is -2.44. The first-order valence-corrected chi connectivity index (χ1v) is 12.5. The number of nitrogens with zero attached hydrogens (tertiary/aromatic N) is 3. The number of rotatable bonds is 8. The molecule has 1 fully saturated rings. The second-order valence-electron chi connectivity index (χ2n) is 8.53. The van der Waals surface area contributed by atoms with Gasteiger partial charge in [0.1, 0.15) is 0 Å². The number of thioether (sulfide) groups is 1. The van der Waals surface area contributed by atoms with Gasteiger partial charge in [-0.15, -0.1) is 11.8 Å². The number of ether oxygens (including phenoxy) is 1. The van der Waals surface area contributed by atoms with Gasteiger partial charge in [-0.25, -0.2) is 4.79 Å². The highest BCUT2D eigenvalue weighted by Gasteiger charge is 2.29. The van der Waals surface area contributed by atoms with Crippen molar-refractivity contribution >= 4 is 23.6 Å². The van der Waals surface area contributed by atoms with E-state index >= 15 is 0 Å². The van der Waals surface area contributed by atoms with E-state index in [2.05, 4.69) is 34.4 Å². The minimum Gasteiger partial charge on any atom is -0.449 e. The Morgan fingerprint density at radius 1 is 1.12 bits per heavy atom. The Morgan fingerprint density at radius 2 is 1.82 bits per heavy atom. The van der Waals surface area contributed by atoms with Crippen LogP contribution in [0.3, 0.4) is 0 Å². The zero-order valence-electron chi connectivity index (χ0n) is 19.5. The lowest BCUT2D eigenvalue weighted by molar-refractivity contribution is -0.141. The van der Waals surface area contributed by atoms with Crippen LogP contribution in [0, 0.1) is 12.8 Å². The fourth-order valence-corrected chi connectivity index (χ4v) is 5.01. The van der Waals surface area contributed by atoms with E-state index in [1.807, 2.05) is 23.1 Å². The monoisotopic (exact) mass is 479 g/mol. The molecule has 1 saturated heterocycles. The molecule has 8 heteroatoms. The Hall–Kier alpha value is -3.13. The van der Waals surface area contributed by atoms with Crippen molar-refractivity contribution in [3.63, 3.8) is 0 Å². The molecule has 0 saturated carbocycles. The number of hydrogen-bond donors (Lipinski definition) is 0. The van der Waals surface area contributed by atoms with Crippen molar-refractivity contribution in [3.8, 4) is 0 Å². The summed E-state index contributed by atoms with van der Waals surface area (Å²) >= 11 is 1.41. The Bertz CT molecular complexity index is 1110. The number of carbonyl (C=O) groups is 2. The standard InChI is InChI=1S/C26H29N3O4S/c1-18(25(30)29-14-12-21(13-15-29)16-20-8-4-3-5-9-20)32-26(31)22-10-6-7-11-23(22)34-17-24-27-19(2)28-33-24/h3-11,18,21H,12-17H2,1-2H3/t18-/m1/s1. The molecule has 178 valence electrons. The fraction of sp³-hybridized carbons (Fsp3) is 0.385. The molecule has 1 aliphatic heterocycles. The van der Waals surface area contributed by atoms with Gasteiger partial charge in [0.2, 0.25) is 5.89 Å². The molecule has 3 aromatic rings. The van der Waals surface area contributed by atoms with Gasteiger partial charge in [0.15, 0.2) is 11.9 Å². The molecule has 2 aromatic carbocycles. The maximum absolute atomic E-state index is 12.9. The second kappa shape index (κ2) is 11.3. The van der Waals surface area contributed by atoms with Crippen LogP contribution in [0.5, 0.6) is 0 Å². The van der Waals surface area contributed by atoms with Gasteiger partial charge in [0.05, 0.1) is 11.3 Å². The van der Waals surface area contributed by atoms with E-state index in [1.54, 1.807) is 26.0 Å². The number of aryl methyl sites for hydroxylation is 1. The normalized spacial score (nSPS) is 15.2. The van der Waals surface area contributed by atoms with E-state index in [9.17, 15) is 9.59 Å². The van der Waals surface area contributed by atoms with Gasteiger partial charge in [0, 0.05) is 18.0 Å². The summed E-state index contributed by atoms with van der Waals surface area (Å²) in [7, 11) is 0. The molecule has 0 radical (unpaired) electrons. The first-order valence-electron chi connectivity index (χ1n) is 11.5. The Morgan fingerprint density at radius 3 is 2.53 bits per heavy atom. The lowest BCUT2D eigenvalue weighted by atomic mass is 9.90. The summed E-state index contributed by atoms with van der Waals surface area (Å²) in [5, 5.41) is 3.78. The van der Waals surface area contributed by atoms with Crippen molar-refractivity contribution in [1.29, 1.82) is 0 Å². The van der Waals surface area contributed by atoms with E-state index in [0.29, 0.717) is 42.0 Å². The molecule has 2 heterocycles. The van der Waals surface area contributed by atoms with Crippen LogP contribution in [0.2, 0.25) is 0 Å². The summed E-state index contributed by atoms with van der Waals surface area (Å²) in [6, 6.07) is 17.6. The molecule has 4 rings (SSSR count). The summed E-state index contributed by atoms with van der Waals surface area (Å²) in [5.41, 5.74) is 1.75. The minimum atomic E-state index is -0.838. The number of carbonyl (C=O) groups excluding carboxylic acids is 2. The largest absolute Gasteiger partial charge is 0.449 e. The summed E-state index contributed by atoms with van der Waals surface area (Å²) in [6.45, 7) is 4.78. The van der Waals surface area contributed by atoms with E-state index in [-0.39, 0.29) is 5.91 Å². The summed E-state index contributed by atoms with van der Waals surface area (Å²) < 4.78 is 10.7. The molecule has 1 aromatic heterocycles. The second-order valence-corrected chi connectivity index (χ2v) is 9.54. The van der Waals surface area contributed by atoms with Crippen molar-refractivity contribution in [1.82, 2.24) is 15.0 Å². The molecule has 0 aliphatic carbocycles. The van der Waals surface area contributed by atoms with Crippen molar-refractivity contribution in [2.75, 3.05) is 13.1 Å². The van der Waals surface area contributed by atoms with Crippen molar-refractivity contribution < 1.29 is 18.8 Å². The quantitative estimate of drug-likeness (QED) is 0.342. The van der Waals surface area contributed by atoms with Gasteiger partial charge in [-0.05, 0) is 56.7 Å². The summed E-state index contributed by atoms with van der Waals surface area (Å²) in [5.74, 6) is 1.42. The maximum atomic E-state index is 12.9. The van der Waals surface area contributed by atoms with Gasteiger partial charge in [-0.3, -0.25) is 4.79 Å². The third-order valence-electron chi connectivity index (χ3n) is 5.95. The molecular formula is C26H29N3O4S. The Balaban J connectivity index is 1.29. The highest BCUT2D eigenvalue weighted by molar-refractivity contribution is 7.98. The Labute approximate surface area is 203 Å². The van der Waals surface area contributed by atoms with E-state index in [0.717, 1.165) is 24.2 Å². The summed E-state index contributed by atoms with van der Waals surface area (Å²) in [4.78, 5) is 32.6. The molecular weight excluding hydrogens is 450 g/mol. The molecule has 34 heavy (non-hydrogen) atoms. The number of piperidine rings is 1. The smallest absolute Gasteiger partial charge is 0.340 e. The van der Waals surface area contributed by atoms with Crippen molar-refractivity contribution in [2.45, 2.75) is 49.9 Å². The van der Waals surface area contributed by atoms with Crippen LogP contribution in [-0.2, 0) is 21.7 Å². The first kappa shape index (κ1) is 24.0. The van der Waals surface area contributed by atoms with Crippen LogP contribution in [0.4, 0.5) is 0 Å². The lowest BCUT2D eigenvalue weighted by Gasteiger charge is -2.33. The predicted octanol–water partition coefficient (Wildman–Crippen LogP) is 4.70. The van der Waals surface area contributed by atoms with Crippen molar-refractivity contribution in [2.24, 2.45) is 5.92 Å². The van der Waals surface area contributed by atoms with Crippen LogP contribution < -0.4 is 0 Å². The van der Waals surface area contributed by atoms with Crippen LogP contribution in [0.25, 0.3) is 0 Å². The topological polar surface area (TPSA) is 85.5 Å². The first-order chi connectivity index (χ1) is 16.5. The number of esters is 1. The van der Waals surface area contributed by atoms with Crippen LogP contribution in [-0.4, -0.2) is 46.1 Å². The summed E-state index contributed by atoms with van der Waals surface area (Å²) in [6.07, 6.45) is 2.10. The van der Waals surface area contributed by atoms with Crippen LogP contribution >= 0.6 is 11.8 Å². The van der Waals surface area contributed by atoms with Gasteiger partial charge in [0.25, 0.3) is 5.91 Å². The molecule has 0 bridgehead atoms. The van der Waals surface area contributed by atoms with E-state index in [4.69, 9.17) is 9.26 Å². The van der Waals surface area contributed by atoms with Crippen LogP contribution in [0.1, 0.15) is 47.4 Å². The van der Waals surface area contributed by atoms with Crippen LogP contribution in [0.15, 0.2) is 64.0 Å². The van der Waals surface area contributed by atoms with Gasteiger partial charge in [-0.2, -0.15) is 4.98 Å². The molecule has 0 N–H and O–H groups in total.